The number of aliphatic hydroxyl groups is 1. The van der Waals surface area contributed by atoms with Crippen molar-refractivity contribution in [3.05, 3.63) is 46.5 Å². The first-order valence-corrected chi connectivity index (χ1v) is 6.71. The zero-order valence-electron chi connectivity index (χ0n) is 10.6. The van der Waals surface area contributed by atoms with Crippen LogP contribution in [0.1, 0.15) is 5.56 Å². The Kier molecular flexibility index (Phi) is 3.50. The summed E-state index contributed by atoms with van der Waals surface area (Å²) in [5, 5.41) is 20.8. The van der Waals surface area contributed by atoms with E-state index in [4.69, 9.17) is 5.11 Å². The monoisotopic (exact) mass is 303 g/mol. The average Bonchev–Trinajstić information content (AvgIpc) is 2.97. The van der Waals surface area contributed by atoms with Crippen LogP contribution in [-0.4, -0.2) is 30.0 Å². The summed E-state index contributed by atoms with van der Waals surface area (Å²) in [5.74, 6) is 0. The fraction of sp³-hybridized carbons (Fsp3) is 0.0833. The van der Waals surface area contributed by atoms with Crippen LogP contribution in [0.3, 0.4) is 0 Å². The van der Waals surface area contributed by atoms with Gasteiger partial charge in [-0.1, -0.05) is 17.8 Å². The van der Waals surface area contributed by atoms with Crippen LogP contribution >= 0.6 is 11.8 Å². The lowest BCUT2D eigenvalue weighted by Gasteiger charge is -2.04. The van der Waals surface area contributed by atoms with Gasteiger partial charge in [-0.05, 0) is 11.6 Å². The van der Waals surface area contributed by atoms with E-state index < -0.39 is 4.92 Å². The van der Waals surface area contributed by atoms with Crippen LogP contribution in [0.25, 0.3) is 11.2 Å². The van der Waals surface area contributed by atoms with Crippen molar-refractivity contribution in [3.63, 3.8) is 0 Å². The van der Waals surface area contributed by atoms with Gasteiger partial charge < -0.3 is 10.1 Å². The number of nitro groups is 1. The van der Waals surface area contributed by atoms with Crippen molar-refractivity contribution in [2.24, 2.45) is 0 Å². The number of hydrogen-bond acceptors (Lipinski definition) is 7. The first kappa shape index (κ1) is 13.5. The van der Waals surface area contributed by atoms with E-state index in [0.717, 1.165) is 11.8 Å². The van der Waals surface area contributed by atoms with Gasteiger partial charge in [-0.2, -0.15) is 0 Å². The smallest absolute Gasteiger partial charge is 0.283 e. The van der Waals surface area contributed by atoms with Gasteiger partial charge in [-0.25, -0.2) is 15.0 Å². The summed E-state index contributed by atoms with van der Waals surface area (Å²) in [6, 6.07) is 4.59. The number of H-pyrrole nitrogens is 1. The number of aromatic nitrogens is 4. The number of nitrogens with one attached hydrogen (secondary N) is 1. The van der Waals surface area contributed by atoms with E-state index in [1.165, 1.54) is 18.7 Å². The lowest BCUT2D eigenvalue weighted by molar-refractivity contribution is -0.387. The normalized spacial score (nSPS) is 10.9. The van der Waals surface area contributed by atoms with Gasteiger partial charge in [0.1, 0.15) is 16.9 Å². The van der Waals surface area contributed by atoms with Crippen molar-refractivity contribution in [2.45, 2.75) is 16.5 Å². The van der Waals surface area contributed by atoms with Crippen LogP contribution in [0.5, 0.6) is 0 Å². The number of aliphatic hydroxyl groups excluding tert-OH is 1. The summed E-state index contributed by atoms with van der Waals surface area (Å²) in [6.45, 7) is -0.246. The summed E-state index contributed by atoms with van der Waals surface area (Å²) in [6.07, 6.45) is 2.85. The number of benzene rings is 1. The quantitative estimate of drug-likeness (QED) is 0.429. The van der Waals surface area contributed by atoms with Gasteiger partial charge in [0, 0.05) is 6.07 Å². The molecule has 2 N–H and O–H groups in total. The molecule has 0 spiro atoms. The highest BCUT2D eigenvalue weighted by Crippen LogP contribution is 2.36. The summed E-state index contributed by atoms with van der Waals surface area (Å²) >= 11 is 1.15. The van der Waals surface area contributed by atoms with Crippen molar-refractivity contribution in [1.29, 1.82) is 0 Å². The van der Waals surface area contributed by atoms with Gasteiger partial charge in [0.25, 0.3) is 5.69 Å². The minimum atomic E-state index is -0.479. The molecule has 0 aliphatic heterocycles. The molecular formula is C12H9N5O3S. The Morgan fingerprint density at radius 2 is 2.19 bits per heavy atom. The maximum absolute atomic E-state index is 11.2. The molecule has 0 bridgehead atoms. The Morgan fingerprint density at radius 3 is 2.95 bits per heavy atom. The number of imidazole rings is 1. The van der Waals surface area contributed by atoms with Crippen molar-refractivity contribution in [1.82, 2.24) is 19.9 Å². The van der Waals surface area contributed by atoms with Crippen LogP contribution in [0.4, 0.5) is 5.69 Å². The molecule has 0 radical (unpaired) electrons. The zero-order chi connectivity index (χ0) is 14.8. The molecule has 8 nitrogen and oxygen atoms in total. The second-order valence-corrected chi connectivity index (χ2v) is 5.13. The Hall–Kier alpha value is -2.52. The molecule has 0 fully saturated rings. The summed E-state index contributed by atoms with van der Waals surface area (Å²) in [7, 11) is 0. The van der Waals surface area contributed by atoms with Gasteiger partial charge in [0.05, 0.1) is 22.8 Å². The first-order chi connectivity index (χ1) is 10.2. The van der Waals surface area contributed by atoms with E-state index in [9.17, 15) is 10.1 Å². The molecule has 0 saturated carbocycles. The minimum Gasteiger partial charge on any atom is -0.392 e. The summed E-state index contributed by atoms with van der Waals surface area (Å²) < 4.78 is 0. The molecule has 0 aliphatic rings. The van der Waals surface area contributed by atoms with Gasteiger partial charge in [-0.3, -0.25) is 10.1 Å². The maximum atomic E-state index is 11.2. The number of rotatable bonds is 4. The van der Waals surface area contributed by atoms with E-state index in [2.05, 4.69) is 19.9 Å². The number of nitrogens with zero attached hydrogens (tertiary/aromatic N) is 4. The Bertz CT molecular complexity index is 820. The fourth-order valence-corrected chi connectivity index (χ4v) is 2.75. The number of hydrogen-bond donors (Lipinski definition) is 2. The number of aromatic amines is 1. The van der Waals surface area contributed by atoms with Gasteiger partial charge >= 0.3 is 0 Å². The van der Waals surface area contributed by atoms with Gasteiger partial charge in [0.2, 0.25) is 0 Å². The molecule has 0 saturated heterocycles. The van der Waals surface area contributed by atoms with E-state index in [0.29, 0.717) is 26.6 Å². The Morgan fingerprint density at radius 1 is 1.33 bits per heavy atom. The first-order valence-electron chi connectivity index (χ1n) is 5.89. The van der Waals surface area contributed by atoms with Crippen LogP contribution in [0.15, 0.2) is 40.8 Å². The lowest BCUT2D eigenvalue weighted by atomic mass is 10.2. The van der Waals surface area contributed by atoms with Crippen molar-refractivity contribution >= 4 is 28.6 Å². The third-order valence-electron chi connectivity index (χ3n) is 2.80. The highest BCUT2D eigenvalue weighted by atomic mass is 32.2. The third kappa shape index (κ3) is 2.56. The predicted molar refractivity (Wildman–Crippen MR) is 74.8 cm³/mol. The van der Waals surface area contributed by atoms with E-state index >= 15 is 0 Å². The highest BCUT2D eigenvalue weighted by molar-refractivity contribution is 7.99. The largest absolute Gasteiger partial charge is 0.392 e. The zero-order valence-corrected chi connectivity index (χ0v) is 11.4. The van der Waals surface area contributed by atoms with Crippen molar-refractivity contribution in [3.8, 4) is 0 Å². The minimum absolute atomic E-state index is 0.0715. The standard InChI is InChI=1S/C12H9N5O3S/c18-4-7-1-2-9(8(3-7)17(19)20)21-12-10-11(14-5-13-10)15-6-16-12/h1-3,5-6,18H,4H2,(H,13,14,15,16). The molecule has 2 heterocycles. The van der Waals surface area contributed by atoms with E-state index in [-0.39, 0.29) is 12.3 Å². The van der Waals surface area contributed by atoms with Crippen molar-refractivity contribution in [2.75, 3.05) is 0 Å². The highest BCUT2D eigenvalue weighted by Gasteiger charge is 2.18. The summed E-state index contributed by atoms with van der Waals surface area (Å²) in [5.41, 5.74) is 1.54. The second kappa shape index (κ2) is 5.46. The fourth-order valence-electron chi connectivity index (χ4n) is 1.81. The summed E-state index contributed by atoms with van der Waals surface area (Å²) in [4.78, 5) is 26.2. The molecule has 1 aromatic carbocycles. The third-order valence-corrected chi connectivity index (χ3v) is 3.87. The molecule has 0 atom stereocenters. The molecule has 0 unspecified atom stereocenters. The van der Waals surface area contributed by atoms with Crippen LogP contribution in [-0.2, 0) is 6.61 Å². The predicted octanol–water partition coefficient (Wildman–Crippen LogP) is 1.90. The van der Waals surface area contributed by atoms with Crippen molar-refractivity contribution < 1.29 is 10.0 Å². The van der Waals surface area contributed by atoms with E-state index in [1.807, 2.05) is 0 Å². The van der Waals surface area contributed by atoms with Crippen LogP contribution in [0, 0.1) is 10.1 Å². The van der Waals surface area contributed by atoms with Gasteiger partial charge in [0.15, 0.2) is 5.65 Å². The number of nitro benzene ring substituents is 1. The molecular weight excluding hydrogens is 294 g/mol. The molecule has 21 heavy (non-hydrogen) atoms. The molecule has 9 heteroatoms. The number of fused-ring (bicyclic) bond motifs is 1. The molecule has 3 rings (SSSR count). The van der Waals surface area contributed by atoms with Crippen LogP contribution < -0.4 is 0 Å². The molecule has 0 amide bonds. The topological polar surface area (TPSA) is 118 Å². The van der Waals surface area contributed by atoms with E-state index in [1.54, 1.807) is 12.1 Å². The Balaban J connectivity index is 2.05. The molecule has 0 aliphatic carbocycles. The SMILES string of the molecule is O=[N+]([O-])c1cc(CO)ccc1Sc1ncnc2nc[nH]c12. The van der Waals surface area contributed by atoms with Crippen LogP contribution in [0.2, 0.25) is 0 Å². The lowest BCUT2D eigenvalue weighted by Crippen LogP contribution is -1.94. The molecule has 3 aromatic rings. The Labute approximate surface area is 122 Å². The molecule has 2 aromatic heterocycles. The average molecular weight is 303 g/mol. The second-order valence-electron chi connectivity index (χ2n) is 4.10. The van der Waals surface area contributed by atoms with Gasteiger partial charge in [-0.15, -0.1) is 0 Å². The molecule has 106 valence electrons. The maximum Gasteiger partial charge on any atom is 0.283 e.